The zero-order valence-electron chi connectivity index (χ0n) is 12.5. The van der Waals surface area contributed by atoms with Crippen LogP contribution in [-0.2, 0) is 11.8 Å². The summed E-state index contributed by atoms with van der Waals surface area (Å²) in [6.45, 7) is 1.39. The van der Waals surface area contributed by atoms with Gasteiger partial charge >= 0.3 is 6.18 Å². The van der Waals surface area contributed by atoms with E-state index in [1.165, 1.54) is 12.1 Å². The van der Waals surface area contributed by atoms with Crippen LogP contribution in [0.1, 0.15) is 24.0 Å². The van der Waals surface area contributed by atoms with E-state index in [2.05, 4.69) is 5.32 Å². The van der Waals surface area contributed by atoms with Crippen molar-refractivity contribution in [3.05, 3.63) is 59.7 Å². The van der Waals surface area contributed by atoms with Crippen LogP contribution in [-0.4, -0.2) is 18.2 Å². The van der Waals surface area contributed by atoms with E-state index in [1.807, 2.05) is 0 Å². The summed E-state index contributed by atoms with van der Waals surface area (Å²) in [6, 6.07) is 12.3. The van der Waals surface area contributed by atoms with Gasteiger partial charge in [-0.15, -0.1) is 0 Å². The Kier molecular flexibility index (Phi) is 4.17. The predicted octanol–water partition coefficient (Wildman–Crippen LogP) is 3.94. The van der Waals surface area contributed by atoms with Crippen LogP contribution in [0.2, 0.25) is 0 Å². The summed E-state index contributed by atoms with van der Waals surface area (Å²) in [6.07, 6.45) is -3.30. The van der Waals surface area contributed by atoms with Crippen LogP contribution in [0.3, 0.4) is 0 Å². The summed E-state index contributed by atoms with van der Waals surface area (Å²) < 4.78 is 39.6. The van der Waals surface area contributed by atoms with Crippen LogP contribution in [0.4, 0.5) is 13.2 Å². The quantitative estimate of drug-likeness (QED) is 0.878. The lowest BCUT2D eigenvalue weighted by Crippen LogP contribution is -2.39. The molecular weight excluding hydrogens is 303 g/mol. The number of rotatable bonds is 2. The van der Waals surface area contributed by atoms with Gasteiger partial charge in [-0.2, -0.15) is 13.2 Å². The molecule has 0 aliphatic carbocycles. The van der Waals surface area contributed by atoms with Gasteiger partial charge in [-0.1, -0.05) is 36.4 Å². The molecule has 1 saturated heterocycles. The van der Waals surface area contributed by atoms with Gasteiger partial charge in [0.2, 0.25) is 0 Å². The Bertz CT molecular complexity index is 691. The van der Waals surface area contributed by atoms with E-state index < -0.39 is 17.3 Å². The molecule has 0 aromatic heterocycles. The summed E-state index contributed by atoms with van der Waals surface area (Å²) in [4.78, 5) is 0. The molecular formula is C18H18F3NO. The van der Waals surface area contributed by atoms with Crippen LogP contribution in [0.15, 0.2) is 48.5 Å². The van der Waals surface area contributed by atoms with E-state index in [4.69, 9.17) is 0 Å². The van der Waals surface area contributed by atoms with Gasteiger partial charge in [-0.25, -0.2) is 0 Å². The Morgan fingerprint density at radius 2 is 1.65 bits per heavy atom. The molecule has 1 fully saturated rings. The van der Waals surface area contributed by atoms with Gasteiger partial charge in [0.15, 0.2) is 0 Å². The molecule has 0 amide bonds. The van der Waals surface area contributed by atoms with Gasteiger partial charge in [0.05, 0.1) is 11.2 Å². The molecule has 0 radical (unpaired) electrons. The Labute approximate surface area is 133 Å². The minimum Gasteiger partial charge on any atom is -0.385 e. The van der Waals surface area contributed by atoms with Gasteiger partial charge in [0.1, 0.15) is 0 Å². The van der Waals surface area contributed by atoms with Crippen LogP contribution in [0.5, 0.6) is 0 Å². The first-order valence-electron chi connectivity index (χ1n) is 7.60. The van der Waals surface area contributed by atoms with Crippen LogP contribution < -0.4 is 5.32 Å². The highest BCUT2D eigenvalue weighted by molar-refractivity contribution is 5.69. The van der Waals surface area contributed by atoms with Crippen LogP contribution >= 0.6 is 0 Å². The van der Waals surface area contributed by atoms with Gasteiger partial charge in [-0.05, 0) is 54.8 Å². The van der Waals surface area contributed by atoms with E-state index in [0.29, 0.717) is 37.1 Å². The molecule has 2 nitrogen and oxygen atoms in total. The number of hydrogen-bond donors (Lipinski definition) is 2. The lowest BCUT2D eigenvalue weighted by Gasteiger charge is -2.33. The fourth-order valence-corrected chi connectivity index (χ4v) is 3.09. The minimum absolute atomic E-state index is 0.138. The molecule has 2 aromatic carbocycles. The van der Waals surface area contributed by atoms with Crippen molar-refractivity contribution in [3.8, 4) is 11.1 Å². The number of alkyl halides is 3. The fraction of sp³-hybridized carbons (Fsp3) is 0.333. The summed E-state index contributed by atoms with van der Waals surface area (Å²) in [5.74, 6) is 0. The first-order chi connectivity index (χ1) is 10.9. The number of nitrogens with one attached hydrogen (secondary N) is 1. The largest absolute Gasteiger partial charge is 0.417 e. The standard InChI is InChI=1S/C18H18F3NO/c19-18(20,21)16-7-2-1-6-15(16)13-4-3-5-14(12-13)17(23)8-10-22-11-9-17/h1-7,12,22-23H,8-11H2. The first-order valence-corrected chi connectivity index (χ1v) is 7.60. The van der Waals surface area contributed by atoms with Crippen molar-refractivity contribution in [3.63, 3.8) is 0 Å². The lowest BCUT2D eigenvalue weighted by molar-refractivity contribution is -0.137. The Morgan fingerprint density at radius 1 is 0.957 bits per heavy atom. The monoisotopic (exact) mass is 321 g/mol. The Hall–Kier alpha value is -1.85. The highest BCUT2D eigenvalue weighted by Gasteiger charge is 2.34. The van der Waals surface area contributed by atoms with E-state index >= 15 is 0 Å². The SMILES string of the molecule is OC1(c2cccc(-c3ccccc3C(F)(F)F)c2)CCNCC1. The van der Waals surface area contributed by atoms with Crippen molar-refractivity contribution in [2.75, 3.05) is 13.1 Å². The third kappa shape index (κ3) is 3.26. The molecule has 3 rings (SSSR count). The first kappa shape index (κ1) is 16.0. The second-order valence-corrected chi connectivity index (χ2v) is 5.91. The molecule has 2 aromatic rings. The molecule has 0 saturated carbocycles. The molecule has 122 valence electrons. The predicted molar refractivity (Wildman–Crippen MR) is 82.9 cm³/mol. The molecule has 2 N–H and O–H groups in total. The molecule has 5 heteroatoms. The molecule has 1 aliphatic heterocycles. The van der Waals surface area contributed by atoms with Gasteiger partial charge in [0.25, 0.3) is 0 Å². The molecule has 0 atom stereocenters. The maximum atomic E-state index is 13.2. The van der Waals surface area contributed by atoms with E-state index in [9.17, 15) is 18.3 Å². The lowest BCUT2D eigenvalue weighted by atomic mass is 9.83. The van der Waals surface area contributed by atoms with Crippen molar-refractivity contribution in [1.29, 1.82) is 0 Å². The van der Waals surface area contributed by atoms with Gasteiger partial charge in [0, 0.05) is 0 Å². The van der Waals surface area contributed by atoms with Gasteiger partial charge in [-0.3, -0.25) is 0 Å². The second kappa shape index (κ2) is 5.98. The third-order valence-corrected chi connectivity index (χ3v) is 4.37. The average Bonchev–Trinajstić information content (AvgIpc) is 2.55. The Morgan fingerprint density at radius 3 is 2.35 bits per heavy atom. The normalized spacial score (nSPS) is 17.9. The Balaban J connectivity index is 2.04. The van der Waals surface area contributed by atoms with E-state index in [1.54, 1.807) is 30.3 Å². The van der Waals surface area contributed by atoms with Crippen molar-refractivity contribution in [1.82, 2.24) is 5.32 Å². The highest BCUT2D eigenvalue weighted by atomic mass is 19.4. The summed E-state index contributed by atoms with van der Waals surface area (Å²) in [5.41, 5.74) is -0.348. The molecule has 1 heterocycles. The zero-order valence-corrected chi connectivity index (χ0v) is 12.5. The number of aliphatic hydroxyl groups is 1. The summed E-state index contributed by atoms with van der Waals surface area (Å²) in [7, 11) is 0. The summed E-state index contributed by atoms with van der Waals surface area (Å²) >= 11 is 0. The van der Waals surface area contributed by atoms with Gasteiger partial charge < -0.3 is 10.4 Å². The van der Waals surface area contributed by atoms with E-state index in [-0.39, 0.29) is 5.56 Å². The number of benzene rings is 2. The minimum atomic E-state index is -4.40. The number of halogens is 3. The topological polar surface area (TPSA) is 32.3 Å². The van der Waals surface area contributed by atoms with Crippen LogP contribution in [0, 0.1) is 0 Å². The number of hydrogen-bond acceptors (Lipinski definition) is 2. The maximum Gasteiger partial charge on any atom is 0.417 e. The van der Waals surface area contributed by atoms with E-state index in [0.717, 1.165) is 6.07 Å². The molecule has 0 bridgehead atoms. The number of piperidine rings is 1. The van der Waals surface area contributed by atoms with Crippen molar-refractivity contribution in [2.45, 2.75) is 24.6 Å². The smallest absolute Gasteiger partial charge is 0.385 e. The molecule has 23 heavy (non-hydrogen) atoms. The van der Waals surface area contributed by atoms with Crippen molar-refractivity contribution in [2.24, 2.45) is 0 Å². The third-order valence-electron chi connectivity index (χ3n) is 4.37. The highest BCUT2D eigenvalue weighted by Crippen LogP contribution is 2.38. The zero-order chi connectivity index (χ0) is 16.5. The fourth-order valence-electron chi connectivity index (χ4n) is 3.09. The molecule has 0 unspecified atom stereocenters. The summed E-state index contributed by atoms with van der Waals surface area (Å²) in [5, 5.41) is 14.0. The second-order valence-electron chi connectivity index (χ2n) is 5.91. The van der Waals surface area contributed by atoms with Crippen molar-refractivity contribution < 1.29 is 18.3 Å². The molecule has 1 aliphatic rings. The average molecular weight is 321 g/mol. The molecule has 0 spiro atoms. The van der Waals surface area contributed by atoms with Crippen LogP contribution in [0.25, 0.3) is 11.1 Å². The maximum absolute atomic E-state index is 13.2. The van der Waals surface area contributed by atoms with Crippen molar-refractivity contribution >= 4 is 0 Å².